The van der Waals surface area contributed by atoms with E-state index in [1.165, 1.54) is 29.8 Å². The van der Waals surface area contributed by atoms with Gasteiger partial charge >= 0.3 is 0 Å². The highest BCUT2D eigenvalue weighted by Gasteiger charge is 2.46. The number of nitro groups is 1. The van der Waals surface area contributed by atoms with Crippen LogP contribution in [0.3, 0.4) is 0 Å². The Hall–Kier alpha value is -2.25. The molecule has 0 aromatic heterocycles. The van der Waals surface area contributed by atoms with Crippen molar-refractivity contribution in [3.05, 3.63) is 70.3 Å². The van der Waals surface area contributed by atoms with Crippen LogP contribution >= 0.6 is 0 Å². The summed E-state index contributed by atoms with van der Waals surface area (Å²) in [5.41, 5.74) is 0.590. The molecule has 144 valence electrons. The molecule has 1 atom stereocenters. The molecular formula is C20H24N2O4S. The summed E-state index contributed by atoms with van der Waals surface area (Å²) in [5.74, 6) is 0. The first-order valence-corrected chi connectivity index (χ1v) is 10.5. The molecular weight excluding hydrogens is 364 g/mol. The second kappa shape index (κ2) is 7.40. The van der Waals surface area contributed by atoms with Gasteiger partial charge in [-0.2, -0.15) is 4.31 Å². The fourth-order valence-corrected chi connectivity index (χ4v) is 5.91. The molecule has 1 aliphatic rings. The lowest BCUT2D eigenvalue weighted by molar-refractivity contribution is -0.384. The number of rotatable bonds is 6. The summed E-state index contributed by atoms with van der Waals surface area (Å²) in [7, 11) is -3.73. The minimum atomic E-state index is -3.73. The van der Waals surface area contributed by atoms with Gasteiger partial charge in [-0.05, 0) is 57.2 Å². The average molecular weight is 388 g/mol. The Bertz CT molecular complexity index is 909. The molecule has 0 radical (unpaired) electrons. The van der Waals surface area contributed by atoms with Crippen LogP contribution in [0.5, 0.6) is 0 Å². The molecule has 2 aromatic rings. The lowest BCUT2D eigenvalue weighted by atomic mass is 10.0. The molecule has 1 fully saturated rings. The van der Waals surface area contributed by atoms with Gasteiger partial charge in [0, 0.05) is 23.7 Å². The Kier molecular flexibility index (Phi) is 5.35. The highest BCUT2D eigenvalue weighted by Crippen LogP contribution is 2.40. The van der Waals surface area contributed by atoms with E-state index in [0.717, 1.165) is 25.7 Å². The van der Waals surface area contributed by atoms with Crippen molar-refractivity contribution >= 4 is 15.7 Å². The number of nitro benzene ring substituents is 1. The summed E-state index contributed by atoms with van der Waals surface area (Å²) in [4.78, 5) is 10.4. The molecule has 2 aromatic carbocycles. The van der Waals surface area contributed by atoms with Crippen LogP contribution in [0.4, 0.5) is 5.69 Å². The summed E-state index contributed by atoms with van der Waals surface area (Å²) in [6, 6.07) is 15.1. The van der Waals surface area contributed by atoms with Crippen molar-refractivity contribution < 1.29 is 13.3 Å². The van der Waals surface area contributed by atoms with Crippen LogP contribution in [0.1, 0.15) is 38.7 Å². The molecule has 0 N–H and O–H groups in total. The van der Waals surface area contributed by atoms with Crippen molar-refractivity contribution in [1.82, 2.24) is 4.31 Å². The zero-order chi connectivity index (χ0) is 19.7. The van der Waals surface area contributed by atoms with E-state index in [1.807, 2.05) is 32.0 Å². The number of non-ortho nitro benzene ring substituents is 1. The van der Waals surface area contributed by atoms with Crippen molar-refractivity contribution in [3.8, 4) is 0 Å². The fraction of sp³-hybridized carbons (Fsp3) is 0.400. The Morgan fingerprint density at radius 2 is 1.74 bits per heavy atom. The van der Waals surface area contributed by atoms with E-state index in [9.17, 15) is 18.5 Å². The second-order valence-electron chi connectivity index (χ2n) is 7.58. The van der Waals surface area contributed by atoms with Crippen LogP contribution in [0.2, 0.25) is 0 Å². The van der Waals surface area contributed by atoms with Gasteiger partial charge in [-0.25, -0.2) is 8.42 Å². The summed E-state index contributed by atoms with van der Waals surface area (Å²) in [5, 5.41) is 10.8. The third-order valence-electron chi connectivity index (χ3n) is 5.23. The van der Waals surface area contributed by atoms with Gasteiger partial charge in [0.05, 0.1) is 9.82 Å². The van der Waals surface area contributed by atoms with Crippen LogP contribution in [0.15, 0.2) is 59.5 Å². The first-order chi connectivity index (χ1) is 12.7. The van der Waals surface area contributed by atoms with Gasteiger partial charge in [0.2, 0.25) is 10.0 Å². The molecule has 0 bridgehead atoms. The van der Waals surface area contributed by atoms with Gasteiger partial charge in [0.1, 0.15) is 0 Å². The van der Waals surface area contributed by atoms with Crippen LogP contribution < -0.4 is 0 Å². The predicted octanol–water partition coefficient (Wildman–Crippen LogP) is 4.16. The van der Waals surface area contributed by atoms with E-state index in [1.54, 1.807) is 4.31 Å². The Morgan fingerprint density at radius 1 is 1.11 bits per heavy atom. The van der Waals surface area contributed by atoms with Crippen molar-refractivity contribution in [2.75, 3.05) is 0 Å². The minimum Gasteiger partial charge on any atom is -0.258 e. The lowest BCUT2D eigenvalue weighted by Gasteiger charge is -2.34. The van der Waals surface area contributed by atoms with Gasteiger partial charge in [-0.3, -0.25) is 10.1 Å². The zero-order valence-corrected chi connectivity index (χ0v) is 16.4. The van der Waals surface area contributed by atoms with Crippen LogP contribution in [0, 0.1) is 10.1 Å². The highest BCUT2D eigenvalue weighted by molar-refractivity contribution is 7.89. The molecule has 1 saturated heterocycles. The smallest absolute Gasteiger partial charge is 0.258 e. The van der Waals surface area contributed by atoms with E-state index in [2.05, 4.69) is 12.1 Å². The standard InChI is InChI=1S/C20H24N2O4S/c1-20(2)15-14-17(9-8-16-6-4-3-5-7-16)21(20)27(25,26)19-12-10-18(11-13-19)22(23)24/h3-7,10-13,17H,8-9,14-15H2,1-2H3/t17-/m1/s1. The van der Waals surface area contributed by atoms with Gasteiger partial charge in [0.25, 0.3) is 5.69 Å². The first kappa shape index (κ1) is 19.5. The number of aryl methyl sites for hydroxylation is 1. The molecule has 27 heavy (non-hydrogen) atoms. The van der Waals surface area contributed by atoms with Gasteiger partial charge in [-0.15, -0.1) is 0 Å². The fourth-order valence-electron chi connectivity index (χ4n) is 3.86. The van der Waals surface area contributed by atoms with Gasteiger partial charge in [0.15, 0.2) is 0 Å². The minimum absolute atomic E-state index is 0.0830. The van der Waals surface area contributed by atoms with E-state index in [4.69, 9.17) is 0 Å². The maximum absolute atomic E-state index is 13.3. The average Bonchev–Trinajstić information content (AvgIpc) is 2.96. The number of hydrogen-bond donors (Lipinski definition) is 0. The monoisotopic (exact) mass is 388 g/mol. The largest absolute Gasteiger partial charge is 0.269 e. The maximum atomic E-state index is 13.3. The topological polar surface area (TPSA) is 80.5 Å². The van der Waals surface area contributed by atoms with Gasteiger partial charge in [-0.1, -0.05) is 30.3 Å². The Labute approximate surface area is 160 Å². The van der Waals surface area contributed by atoms with Crippen molar-refractivity contribution in [3.63, 3.8) is 0 Å². The third kappa shape index (κ3) is 4.04. The van der Waals surface area contributed by atoms with Crippen molar-refractivity contribution in [2.45, 2.75) is 56.0 Å². The molecule has 0 unspecified atom stereocenters. The molecule has 0 aliphatic carbocycles. The van der Waals surface area contributed by atoms with Crippen LogP contribution in [0.25, 0.3) is 0 Å². The highest BCUT2D eigenvalue weighted by atomic mass is 32.2. The second-order valence-corrected chi connectivity index (χ2v) is 9.40. The molecule has 0 spiro atoms. The number of hydrogen-bond acceptors (Lipinski definition) is 4. The quantitative estimate of drug-likeness (QED) is 0.550. The molecule has 1 aliphatic heterocycles. The predicted molar refractivity (Wildman–Crippen MR) is 104 cm³/mol. The molecule has 0 amide bonds. The van der Waals surface area contributed by atoms with Gasteiger partial charge < -0.3 is 0 Å². The maximum Gasteiger partial charge on any atom is 0.269 e. The van der Waals surface area contributed by atoms with E-state index >= 15 is 0 Å². The summed E-state index contributed by atoms with van der Waals surface area (Å²) < 4.78 is 28.2. The first-order valence-electron chi connectivity index (χ1n) is 9.05. The SMILES string of the molecule is CC1(C)CC[C@@H](CCc2ccccc2)N1S(=O)(=O)c1ccc([N+](=O)[O-])cc1. The van der Waals surface area contributed by atoms with Crippen LogP contribution in [-0.4, -0.2) is 29.2 Å². The molecule has 7 heteroatoms. The van der Waals surface area contributed by atoms with E-state index in [-0.39, 0.29) is 16.6 Å². The van der Waals surface area contributed by atoms with E-state index in [0.29, 0.717) is 0 Å². The Morgan fingerprint density at radius 3 is 2.33 bits per heavy atom. The molecule has 0 saturated carbocycles. The van der Waals surface area contributed by atoms with Crippen LogP contribution in [-0.2, 0) is 16.4 Å². The zero-order valence-electron chi connectivity index (χ0n) is 15.5. The number of nitrogens with zero attached hydrogens (tertiary/aromatic N) is 2. The summed E-state index contributed by atoms with van der Waals surface area (Å²) in [6.07, 6.45) is 3.16. The summed E-state index contributed by atoms with van der Waals surface area (Å²) >= 11 is 0. The number of sulfonamides is 1. The van der Waals surface area contributed by atoms with Crippen molar-refractivity contribution in [1.29, 1.82) is 0 Å². The number of benzene rings is 2. The summed E-state index contributed by atoms with van der Waals surface area (Å²) in [6.45, 7) is 3.89. The lowest BCUT2D eigenvalue weighted by Crippen LogP contribution is -2.47. The normalized spacial score (nSPS) is 19.9. The van der Waals surface area contributed by atoms with Crippen molar-refractivity contribution in [2.24, 2.45) is 0 Å². The molecule has 3 rings (SSSR count). The third-order valence-corrected chi connectivity index (χ3v) is 7.41. The Balaban J connectivity index is 1.86. The molecule has 1 heterocycles. The van der Waals surface area contributed by atoms with E-state index < -0.39 is 20.5 Å². The molecule has 6 nitrogen and oxygen atoms in total.